The van der Waals surface area contributed by atoms with Crippen LogP contribution in [-0.2, 0) is 0 Å². The SMILES string of the molecule is NCC(N)CC1=CCCC=C1. The Morgan fingerprint density at radius 3 is 2.82 bits per heavy atom. The van der Waals surface area contributed by atoms with Crippen LogP contribution in [0, 0.1) is 0 Å². The van der Waals surface area contributed by atoms with Gasteiger partial charge in [-0.25, -0.2) is 0 Å². The lowest BCUT2D eigenvalue weighted by Gasteiger charge is -2.11. The van der Waals surface area contributed by atoms with Crippen molar-refractivity contribution in [3.8, 4) is 0 Å². The summed E-state index contributed by atoms with van der Waals surface area (Å²) in [5.74, 6) is 0. The number of allylic oxidation sites excluding steroid dienone is 3. The zero-order valence-corrected chi connectivity index (χ0v) is 6.79. The molecule has 1 atom stereocenters. The predicted octanol–water partition coefficient (Wildman–Crippen LogP) is 0.939. The second-order valence-electron chi connectivity index (χ2n) is 2.96. The third kappa shape index (κ3) is 2.87. The van der Waals surface area contributed by atoms with Crippen molar-refractivity contribution in [1.29, 1.82) is 0 Å². The van der Waals surface area contributed by atoms with Crippen LogP contribution in [0.1, 0.15) is 19.3 Å². The molecule has 1 aliphatic rings. The minimum Gasteiger partial charge on any atom is -0.329 e. The van der Waals surface area contributed by atoms with Crippen LogP contribution in [0.4, 0.5) is 0 Å². The highest BCUT2D eigenvalue weighted by molar-refractivity contribution is 5.22. The monoisotopic (exact) mass is 152 g/mol. The molecule has 0 saturated carbocycles. The van der Waals surface area contributed by atoms with E-state index in [-0.39, 0.29) is 6.04 Å². The van der Waals surface area contributed by atoms with Crippen molar-refractivity contribution in [2.75, 3.05) is 6.54 Å². The van der Waals surface area contributed by atoms with Crippen LogP contribution in [-0.4, -0.2) is 12.6 Å². The van der Waals surface area contributed by atoms with Crippen LogP contribution in [0.15, 0.2) is 23.8 Å². The van der Waals surface area contributed by atoms with Gasteiger partial charge in [-0.2, -0.15) is 0 Å². The van der Waals surface area contributed by atoms with Crippen molar-refractivity contribution >= 4 is 0 Å². The van der Waals surface area contributed by atoms with Crippen molar-refractivity contribution in [2.45, 2.75) is 25.3 Å². The van der Waals surface area contributed by atoms with Gasteiger partial charge in [0.1, 0.15) is 0 Å². The van der Waals surface area contributed by atoms with Gasteiger partial charge in [0.25, 0.3) is 0 Å². The molecule has 1 rings (SSSR count). The molecule has 0 aromatic heterocycles. The zero-order valence-electron chi connectivity index (χ0n) is 6.79. The van der Waals surface area contributed by atoms with Gasteiger partial charge in [0.2, 0.25) is 0 Å². The molecular formula is C9H16N2. The van der Waals surface area contributed by atoms with Gasteiger partial charge in [-0.3, -0.25) is 0 Å². The first-order valence-corrected chi connectivity index (χ1v) is 4.14. The summed E-state index contributed by atoms with van der Waals surface area (Å²) in [6.45, 7) is 0.575. The fourth-order valence-corrected chi connectivity index (χ4v) is 1.21. The first kappa shape index (κ1) is 8.50. The molecule has 0 fully saturated rings. The van der Waals surface area contributed by atoms with E-state index in [0.29, 0.717) is 6.54 Å². The van der Waals surface area contributed by atoms with E-state index < -0.39 is 0 Å². The maximum atomic E-state index is 5.70. The van der Waals surface area contributed by atoms with Gasteiger partial charge in [0.05, 0.1) is 0 Å². The lowest BCUT2D eigenvalue weighted by atomic mass is 10.0. The summed E-state index contributed by atoms with van der Waals surface area (Å²) in [5.41, 5.74) is 12.5. The van der Waals surface area contributed by atoms with Crippen molar-refractivity contribution in [3.05, 3.63) is 23.8 Å². The highest BCUT2D eigenvalue weighted by Crippen LogP contribution is 2.13. The average Bonchev–Trinajstić information content (AvgIpc) is 2.06. The molecule has 0 bridgehead atoms. The number of nitrogens with two attached hydrogens (primary N) is 2. The molecule has 11 heavy (non-hydrogen) atoms. The van der Waals surface area contributed by atoms with Gasteiger partial charge in [0.15, 0.2) is 0 Å². The van der Waals surface area contributed by atoms with Gasteiger partial charge in [-0.1, -0.05) is 23.8 Å². The minimum absolute atomic E-state index is 0.129. The Balaban J connectivity index is 2.36. The van der Waals surface area contributed by atoms with Crippen LogP contribution in [0.3, 0.4) is 0 Å². The van der Waals surface area contributed by atoms with Gasteiger partial charge in [-0.05, 0) is 19.3 Å². The largest absolute Gasteiger partial charge is 0.329 e. The fourth-order valence-electron chi connectivity index (χ4n) is 1.21. The van der Waals surface area contributed by atoms with E-state index in [4.69, 9.17) is 11.5 Å². The van der Waals surface area contributed by atoms with Crippen LogP contribution >= 0.6 is 0 Å². The van der Waals surface area contributed by atoms with Crippen molar-refractivity contribution < 1.29 is 0 Å². The third-order valence-electron chi connectivity index (χ3n) is 1.87. The molecule has 4 N–H and O–H groups in total. The molecule has 0 aromatic carbocycles. The molecule has 0 radical (unpaired) electrons. The highest BCUT2D eigenvalue weighted by Gasteiger charge is 2.02. The van der Waals surface area contributed by atoms with Crippen LogP contribution in [0.25, 0.3) is 0 Å². The Morgan fingerprint density at radius 2 is 2.27 bits per heavy atom. The Kier molecular flexibility index (Phi) is 3.33. The number of hydrogen-bond donors (Lipinski definition) is 2. The molecule has 1 unspecified atom stereocenters. The lowest BCUT2D eigenvalue weighted by molar-refractivity contribution is 0.677. The van der Waals surface area contributed by atoms with Crippen LogP contribution in [0.5, 0.6) is 0 Å². The van der Waals surface area contributed by atoms with E-state index in [1.54, 1.807) is 0 Å². The van der Waals surface area contributed by atoms with E-state index in [2.05, 4.69) is 18.2 Å². The molecule has 0 aliphatic heterocycles. The summed E-state index contributed by atoms with van der Waals surface area (Å²) < 4.78 is 0. The first-order chi connectivity index (χ1) is 5.33. The summed E-state index contributed by atoms with van der Waals surface area (Å²) in [6.07, 6.45) is 9.84. The summed E-state index contributed by atoms with van der Waals surface area (Å²) in [5, 5.41) is 0. The van der Waals surface area contributed by atoms with Gasteiger partial charge >= 0.3 is 0 Å². The van der Waals surface area contributed by atoms with Crippen LogP contribution < -0.4 is 11.5 Å². The third-order valence-corrected chi connectivity index (χ3v) is 1.87. The molecule has 62 valence electrons. The van der Waals surface area contributed by atoms with E-state index in [0.717, 1.165) is 12.8 Å². The average molecular weight is 152 g/mol. The molecule has 0 amide bonds. The van der Waals surface area contributed by atoms with Gasteiger partial charge in [-0.15, -0.1) is 0 Å². The second-order valence-corrected chi connectivity index (χ2v) is 2.96. The molecule has 0 saturated heterocycles. The second kappa shape index (κ2) is 4.31. The Labute approximate surface area is 68.0 Å². The normalized spacial score (nSPS) is 19.6. The Morgan fingerprint density at radius 1 is 1.45 bits per heavy atom. The quantitative estimate of drug-likeness (QED) is 0.632. The number of rotatable bonds is 3. The summed E-state index contributed by atoms with van der Waals surface area (Å²) >= 11 is 0. The molecule has 0 aromatic rings. The fraction of sp³-hybridized carbons (Fsp3) is 0.556. The summed E-state index contributed by atoms with van der Waals surface area (Å²) in [7, 11) is 0. The van der Waals surface area contributed by atoms with E-state index in [1.165, 1.54) is 12.0 Å². The maximum Gasteiger partial charge on any atom is 0.0203 e. The van der Waals surface area contributed by atoms with Gasteiger partial charge < -0.3 is 11.5 Å². The standard InChI is InChI=1S/C9H16N2/c10-7-9(11)6-8-4-2-1-3-5-8/h2,4-5,9H,1,3,6-7,10-11H2. The van der Waals surface area contributed by atoms with Crippen molar-refractivity contribution in [2.24, 2.45) is 11.5 Å². The summed E-state index contributed by atoms with van der Waals surface area (Å²) in [6, 6.07) is 0.129. The number of hydrogen-bond acceptors (Lipinski definition) is 2. The maximum absolute atomic E-state index is 5.70. The smallest absolute Gasteiger partial charge is 0.0203 e. The Hall–Kier alpha value is -0.600. The predicted molar refractivity (Wildman–Crippen MR) is 48.1 cm³/mol. The van der Waals surface area contributed by atoms with E-state index in [9.17, 15) is 0 Å². The highest BCUT2D eigenvalue weighted by atomic mass is 14.7. The van der Waals surface area contributed by atoms with Crippen LogP contribution in [0.2, 0.25) is 0 Å². The van der Waals surface area contributed by atoms with Crippen molar-refractivity contribution in [3.63, 3.8) is 0 Å². The van der Waals surface area contributed by atoms with Crippen molar-refractivity contribution in [1.82, 2.24) is 0 Å². The lowest BCUT2D eigenvalue weighted by Crippen LogP contribution is -2.29. The first-order valence-electron chi connectivity index (χ1n) is 4.14. The molecule has 2 nitrogen and oxygen atoms in total. The molecule has 0 heterocycles. The zero-order chi connectivity index (χ0) is 8.10. The Bertz CT molecular complexity index is 170. The van der Waals surface area contributed by atoms with E-state index in [1.807, 2.05) is 0 Å². The minimum atomic E-state index is 0.129. The summed E-state index contributed by atoms with van der Waals surface area (Å²) in [4.78, 5) is 0. The molecule has 0 spiro atoms. The molecular weight excluding hydrogens is 136 g/mol. The van der Waals surface area contributed by atoms with E-state index >= 15 is 0 Å². The van der Waals surface area contributed by atoms with Gasteiger partial charge in [0, 0.05) is 12.6 Å². The topological polar surface area (TPSA) is 52.0 Å². The molecule has 1 aliphatic carbocycles. The molecule has 2 heteroatoms.